The van der Waals surface area contributed by atoms with Crippen LogP contribution in [-0.4, -0.2) is 16.8 Å². The fraction of sp³-hybridized carbons (Fsp3) is 0.250. The summed E-state index contributed by atoms with van der Waals surface area (Å²) in [5.41, 5.74) is 6.57. The molecule has 0 aliphatic rings. The predicted molar refractivity (Wildman–Crippen MR) is 75.4 cm³/mol. The lowest BCUT2D eigenvalue weighted by Gasteiger charge is -2.07. The van der Waals surface area contributed by atoms with Crippen molar-refractivity contribution < 1.29 is 9.59 Å². The van der Waals surface area contributed by atoms with Crippen molar-refractivity contribution in [1.29, 1.82) is 0 Å². The molecule has 5 nitrogen and oxygen atoms in total. The van der Waals surface area contributed by atoms with Crippen LogP contribution in [0.1, 0.15) is 19.8 Å². The van der Waals surface area contributed by atoms with Gasteiger partial charge in [-0.2, -0.15) is 0 Å². The van der Waals surface area contributed by atoms with Gasteiger partial charge in [-0.25, -0.2) is 0 Å². The van der Waals surface area contributed by atoms with Gasteiger partial charge in [0, 0.05) is 31.1 Å². The maximum Gasteiger partial charge on any atom is 0.224 e. The number of thiocarbonyl (C=S) groups is 1. The van der Waals surface area contributed by atoms with Crippen LogP contribution in [0.5, 0.6) is 0 Å². The van der Waals surface area contributed by atoms with E-state index in [2.05, 4.69) is 10.6 Å². The molecule has 0 aliphatic carbocycles. The fourth-order valence-electron chi connectivity index (χ4n) is 1.34. The number of rotatable bonds is 5. The summed E-state index contributed by atoms with van der Waals surface area (Å²) in [6.45, 7) is 1.42. The fourth-order valence-corrected chi connectivity index (χ4v) is 1.44. The summed E-state index contributed by atoms with van der Waals surface area (Å²) in [6, 6.07) is 6.91. The van der Waals surface area contributed by atoms with Gasteiger partial charge < -0.3 is 16.4 Å². The second-order valence-electron chi connectivity index (χ2n) is 3.78. The molecule has 0 radical (unpaired) electrons. The summed E-state index contributed by atoms with van der Waals surface area (Å²) in [4.78, 5) is 22.8. The highest BCUT2D eigenvalue weighted by Crippen LogP contribution is 2.15. The molecule has 0 bridgehead atoms. The second-order valence-corrected chi connectivity index (χ2v) is 4.30. The van der Waals surface area contributed by atoms with Crippen LogP contribution in [0.25, 0.3) is 0 Å². The van der Waals surface area contributed by atoms with Crippen LogP contribution in [0.4, 0.5) is 11.4 Å². The van der Waals surface area contributed by atoms with E-state index in [4.69, 9.17) is 18.0 Å². The summed E-state index contributed by atoms with van der Waals surface area (Å²) in [5.74, 6) is -0.324. The Kier molecular flexibility index (Phi) is 5.26. The third-order valence-electron chi connectivity index (χ3n) is 2.07. The van der Waals surface area contributed by atoms with Crippen molar-refractivity contribution >= 4 is 40.4 Å². The van der Waals surface area contributed by atoms with Gasteiger partial charge in [0.25, 0.3) is 0 Å². The molecule has 0 aliphatic heterocycles. The van der Waals surface area contributed by atoms with Crippen LogP contribution in [-0.2, 0) is 9.59 Å². The Balaban J connectivity index is 2.58. The first-order valence-corrected chi connectivity index (χ1v) is 5.84. The van der Waals surface area contributed by atoms with Gasteiger partial charge in [0.1, 0.15) is 0 Å². The first-order valence-electron chi connectivity index (χ1n) is 5.43. The van der Waals surface area contributed by atoms with Crippen molar-refractivity contribution in [1.82, 2.24) is 0 Å². The first kappa shape index (κ1) is 14.1. The smallest absolute Gasteiger partial charge is 0.224 e. The molecule has 1 aromatic rings. The lowest BCUT2D eigenvalue weighted by molar-refractivity contribution is -0.116. The van der Waals surface area contributed by atoms with Crippen molar-refractivity contribution in [3.63, 3.8) is 0 Å². The molecule has 1 rings (SSSR count). The zero-order chi connectivity index (χ0) is 13.5. The van der Waals surface area contributed by atoms with Gasteiger partial charge in [-0.05, 0) is 18.2 Å². The summed E-state index contributed by atoms with van der Waals surface area (Å²) in [7, 11) is 0. The molecule has 18 heavy (non-hydrogen) atoms. The van der Waals surface area contributed by atoms with Crippen molar-refractivity contribution in [2.24, 2.45) is 5.73 Å². The number of hydrogen-bond acceptors (Lipinski definition) is 3. The molecule has 0 heterocycles. The van der Waals surface area contributed by atoms with Crippen LogP contribution in [0.15, 0.2) is 24.3 Å². The van der Waals surface area contributed by atoms with E-state index in [1.54, 1.807) is 24.3 Å². The Bertz CT molecular complexity index is 474. The molecule has 0 unspecified atom stereocenters. The van der Waals surface area contributed by atoms with E-state index in [-0.39, 0.29) is 18.2 Å². The van der Waals surface area contributed by atoms with Crippen molar-refractivity contribution in [3.8, 4) is 0 Å². The predicted octanol–water partition coefficient (Wildman–Crippen LogP) is 1.65. The maximum absolute atomic E-state index is 11.5. The number of benzene rings is 1. The molecule has 6 heteroatoms. The Morgan fingerprint density at radius 3 is 2.39 bits per heavy atom. The second kappa shape index (κ2) is 6.70. The van der Waals surface area contributed by atoms with Gasteiger partial charge in [-0.3, -0.25) is 9.59 Å². The van der Waals surface area contributed by atoms with E-state index < -0.39 is 0 Å². The molecule has 0 saturated carbocycles. The number of hydrogen-bond donors (Lipinski definition) is 3. The molecular weight excluding hydrogens is 250 g/mol. The normalized spacial score (nSPS) is 9.61. The third-order valence-corrected chi connectivity index (χ3v) is 2.27. The van der Waals surface area contributed by atoms with Gasteiger partial charge >= 0.3 is 0 Å². The van der Waals surface area contributed by atoms with Crippen molar-refractivity contribution in [2.75, 3.05) is 10.6 Å². The Hall–Kier alpha value is -1.95. The van der Waals surface area contributed by atoms with Crippen LogP contribution >= 0.6 is 12.2 Å². The lowest BCUT2D eigenvalue weighted by atomic mass is 10.2. The van der Waals surface area contributed by atoms with Crippen molar-refractivity contribution in [3.05, 3.63) is 24.3 Å². The molecular formula is C12H15N3O2S. The number of carbonyl (C=O) groups is 2. The van der Waals surface area contributed by atoms with Gasteiger partial charge in [0.2, 0.25) is 11.8 Å². The van der Waals surface area contributed by atoms with E-state index in [1.807, 2.05) is 0 Å². The summed E-state index contributed by atoms with van der Waals surface area (Å²) >= 11 is 4.70. The summed E-state index contributed by atoms with van der Waals surface area (Å²) < 4.78 is 0. The van der Waals surface area contributed by atoms with E-state index in [9.17, 15) is 9.59 Å². The van der Waals surface area contributed by atoms with E-state index in [1.165, 1.54) is 6.92 Å². The van der Waals surface area contributed by atoms with Crippen LogP contribution in [0.3, 0.4) is 0 Å². The average Bonchev–Trinajstić information content (AvgIpc) is 2.26. The Labute approximate surface area is 111 Å². The minimum atomic E-state index is -0.164. The standard InChI is InChI=1S/C12H15N3O2S/c1-8(16)14-9-3-2-4-10(7-9)15-12(17)6-5-11(13)18/h2-4,7H,5-6H2,1H3,(H2,13,18)(H,14,16)(H,15,17). The highest BCUT2D eigenvalue weighted by molar-refractivity contribution is 7.80. The largest absolute Gasteiger partial charge is 0.393 e. The molecule has 4 N–H and O–H groups in total. The first-order chi connectivity index (χ1) is 8.47. The highest BCUT2D eigenvalue weighted by atomic mass is 32.1. The zero-order valence-electron chi connectivity index (χ0n) is 10.0. The van der Waals surface area contributed by atoms with E-state index in [0.29, 0.717) is 22.8 Å². The minimum Gasteiger partial charge on any atom is -0.393 e. The number of amides is 2. The number of carbonyl (C=O) groups excluding carboxylic acids is 2. The third kappa shape index (κ3) is 5.40. The molecule has 1 aromatic carbocycles. The Morgan fingerprint density at radius 2 is 1.83 bits per heavy atom. The van der Waals surface area contributed by atoms with Gasteiger partial charge in [-0.15, -0.1) is 0 Å². The topological polar surface area (TPSA) is 84.2 Å². The van der Waals surface area contributed by atoms with Crippen molar-refractivity contribution in [2.45, 2.75) is 19.8 Å². The van der Waals surface area contributed by atoms with E-state index in [0.717, 1.165) is 0 Å². The van der Waals surface area contributed by atoms with Crippen LogP contribution in [0, 0.1) is 0 Å². The molecule has 0 fully saturated rings. The van der Waals surface area contributed by atoms with E-state index >= 15 is 0 Å². The number of nitrogens with two attached hydrogens (primary N) is 1. The maximum atomic E-state index is 11.5. The average molecular weight is 265 g/mol. The van der Waals surface area contributed by atoms with Gasteiger partial charge in [0.15, 0.2) is 0 Å². The van der Waals surface area contributed by atoms with Gasteiger partial charge in [-0.1, -0.05) is 18.3 Å². The quantitative estimate of drug-likeness (QED) is 0.707. The summed E-state index contributed by atoms with van der Waals surface area (Å²) in [6.07, 6.45) is 0.631. The molecule has 0 spiro atoms. The molecule has 2 amide bonds. The monoisotopic (exact) mass is 265 g/mol. The summed E-state index contributed by atoms with van der Waals surface area (Å²) in [5, 5.41) is 5.34. The SMILES string of the molecule is CC(=O)Nc1cccc(NC(=O)CCC(N)=S)c1. The number of anilines is 2. The molecule has 0 aromatic heterocycles. The Morgan fingerprint density at radius 1 is 1.22 bits per heavy atom. The molecule has 96 valence electrons. The minimum absolute atomic E-state index is 0.160. The highest BCUT2D eigenvalue weighted by Gasteiger charge is 2.04. The van der Waals surface area contributed by atoms with Crippen LogP contribution in [0.2, 0.25) is 0 Å². The van der Waals surface area contributed by atoms with Crippen LogP contribution < -0.4 is 16.4 Å². The van der Waals surface area contributed by atoms with Gasteiger partial charge in [0.05, 0.1) is 4.99 Å². The molecule has 0 saturated heterocycles. The zero-order valence-corrected chi connectivity index (χ0v) is 10.8. The lowest BCUT2D eigenvalue weighted by Crippen LogP contribution is -2.16. The number of nitrogens with one attached hydrogen (secondary N) is 2. The molecule has 0 atom stereocenters.